The molecular weight excluding hydrogens is 380 g/mol. The maximum absolute atomic E-state index is 12.8. The average molecular weight is 417 g/mol. The zero-order valence-corrected chi connectivity index (χ0v) is 19.1. The number of hydrogen-bond donors (Lipinski definition) is 0. The molecule has 0 aromatic heterocycles. The number of ketones is 2. The van der Waals surface area contributed by atoms with E-state index in [4.69, 9.17) is 0 Å². The first-order chi connectivity index (χ1) is 14.9. The Morgan fingerprint density at radius 2 is 1.81 bits per heavy atom. The Labute approximate surface area is 187 Å². The highest BCUT2D eigenvalue weighted by atomic mass is 16.1. The first-order valence-electron chi connectivity index (χ1n) is 12.4. The van der Waals surface area contributed by atoms with E-state index in [2.05, 4.69) is 50.3 Å². The monoisotopic (exact) mass is 416 g/mol. The number of unbranched alkanes of at least 4 members (excludes halogenated alkanes) is 1. The topological polar surface area (TPSA) is 34.1 Å². The van der Waals surface area contributed by atoms with Crippen molar-refractivity contribution in [3.8, 4) is 0 Å². The number of rotatable bonds is 5. The molecular formula is C29H36O2. The van der Waals surface area contributed by atoms with Crippen molar-refractivity contribution in [2.24, 2.45) is 34.5 Å². The van der Waals surface area contributed by atoms with Gasteiger partial charge in [-0.15, -0.1) is 0 Å². The lowest BCUT2D eigenvalue weighted by Crippen LogP contribution is -2.51. The molecule has 4 aliphatic rings. The standard InChI is InChI=1S/C29H36O2/c1-28-16-14-22(30)19-26(28)21(11-7-6-10-20-8-4-3-5-9-20)18-23-24-12-13-27(31)29(24,2)17-15-25(23)28/h3-5,8-9,14,16,19,21,23-25H,6-7,10-13,15,17-18H2,1-2H3/t21-,23-,24-,25-,28+,29-/m0/s1. The fraction of sp³-hybridized carbons (Fsp3) is 0.586. The zero-order chi connectivity index (χ0) is 21.6. The summed E-state index contributed by atoms with van der Waals surface area (Å²) in [6.45, 7) is 4.64. The molecule has 0 heterocycles. The third-order valence-electron chi connectivity index (χ3n) is 9.54. The minimum atomic E-state index is -0.0925. The van der Waals surface area contributed by atoms with Gasteiger partial charge in [0.05, 0.1) is 0 Å². The normalized spacial score (nSPS) is 39.0. The lowest BCUT2D eigenvalue weighted by atomic mass is 9.46. The Morgan fingerprint density at radius 3 is 2.61 bits per heavy atom. The van der Waals surface area contributed by atoms with Crippen molar-refractivity contribution in [2.45, 2.75) is 71.6 Å². The average Bonchev–Trinajstić information content (AvgIpc) is 3.07. The molecule has 0 saturated heterocycles. The van der Waals surface area contributed by atoms with Crippen molar-refractivity contribution < 1.29 is 9.59 Å². The van der Waals surface area contributed by atoms with Crippen molar-refractivity contribution in [2.75, 3.05) is 0 Å². The van der Waals surface area contributed by atoms with Gasteiger partial charge in [-0.25, -0.2) is 0 Å². The van der Waals surface area contributed by atoms with E-state index in [0.29, 0.717) is 29.5 Å². The van der Waals surface area contributed by atoms with E-state index in [1.54, 1.807) is 0 Å². The van der Waals surface area contributed by atoms with Gasteiger partial charge >= 0.3 is 0 Å². The molecule has 6 atom stereocenters. The fourth-order valence-corrected chi connectivity index (χ4v) is 7.83. The number of Topliss-reactive ketones (excluding diaryl/α,β-unsaturated/α-hetero) is 1. The van der Waals surface area contributed by atoms with Crippen LogP contribution in [0, 0.1) is 34.5 Å². The van der Waals surface area contributed by atoms with E-state index in [-0.39, 0.29) is 16.6 Å². The van der Waals surface area contributed by atoms with Gasteiger partial charge in [0.1, 0.15) is 5.78 Å². The van der Waals surface area contributed by atoms with Gasteiger partial charge < -0.3 is 0 Å². The summed E-state index contributed by atoms with van der Waals surface area (Å²) in [6.07, 6.45) is 15.9. The van der Waals surface area contributed by atoms with Gasteiger partial charge in [-0.05, 0) is 86.3 Å². The highest BCUT2D eigenvalue weighted by molar-refractivity contribution is 6.01. The molecule has 5 rings (SSSR count). The molecule has 0 spiro atoms. The minimum absolute atomic E-state index is 0.00606. The van der Waals surface area contributed by atoms with Crippen LogP contribution in [-0.2, 0) is 16.0 Å². The summed E-state index contributed by atoms with van der Waals surface area (Å²) in [5.74, 6) is 2.88. The molecule has 4 aliphatic carbocycles. The number of carbonyl (C=O) groups excluding carboxylic acids is 2. The summed E-state index contributed by atoms with van der Waals surface area (Å²) in [5.41, 5.74) is 2.71. The van der Waals surface area contributed by atoms with Crippen molar-refractivity contribution >= 4 is 11.6 Å². The first-order valence-corrected chi connectivity index (χ1v) is 12.4. The van der Waals surface area contributed by atoms with Gasteiger partial charge in [-0.3, -0.25) is 9.59 Å². The van der Waals surface area contributed by atoms with Gasteiger partial charge in [0.25, 0.3) is 0 Å². The molecule has 2 nitrogen and oxygen atoms in total. The summed E-state index contributed by atoms with van der Waals surface area (Å²) in [6, 6.07) is 10.8. The maximum Gasteiger partial charge on any atom is 0.178 e. The molecule has 1 aromatic carbocycles. The van der Waals surface area contributed by atoms with Crippen LogP contribution >= 0.6 is 0 Å². The number of allylic oxidation sites excluding steroid dienone is 4. The molecule has 0 bridgehead atoms. The molecule has 0 amide bonds. The molecule has 1 aromatic rings. The Balaban J connectivity index is 1.36. The number of benzene rings is 1. The van der Waals surface area contributed by atoms with Gasteiger partial charge in [0, 0.05) is 17.3 Å². The molecule has 3 fully saturated rings. The van der Waals surface area contributed by atoms with Crippen LogP contribution < -0.4 is 0 Å². The molecule has 3 saturated carbocycles. The van der Waals surface area contributed by atoms with Crippen LogP contribution in [0.25, 0.3) is 0 Å². The smallest absolute Gasteiger partial charge is 0.178 e. The Hall–Kier alpha value is -1.96. The van der Waals surface area contributed by atoms with E-state index in [0.717, 1.165) is 38.5 Å². The quantitative estimate of drug-likeness (QED) is 0.513. The predicted molar refractivity (Wildman–Crippen MR) is 124 cm³/mol. The highest BCUT2D eigenvalue weighted by Crippen LogP contribution is 2.65. The van der Waals surface area contributed by atoms with E-state index in [1.807, 2.05) is 12.2 Å². The SMILES string of the molecule is C[C@]12C=CC(=O)C=C1[C@@H](CCCCc1ccccc1)C[C@@H]1[C@@H]2CC[C@]2(C)C(=O)CC[C@@H]12. The Morgan fingerprint density at radius 1 is 1.00 bits per heavy atom. The second-order valence-electron chi connectivity index (χ2n) is 11.1. The molecule has 0 unspecified atom stereocenters. The van der Waals surface area contributed by atoms with Crippen LogP contribution in [0.4, 0.5) is 0 Å². The zero-order valence-electron chi connectivity index (χ0n) is 19.1. The van der Waals surface area contributed by atoms with Crippen molar-refractivity contribution in [3.63, 3.8) is 0 Å². The summed E-state index contributed by atoms with van der Waals surface area (Å²) in [4.78, 5) is 25.1. The first kappa shape index (κ1) is 20.9. The fourth-order valence-electron chi connectivity index (χ4n) is 7.83. The molecule has 0 radical (unpaired) electrons. The molecule has 2 heteroatoms. The summed E-state index contributed by atoms with van der Waals surface area (Å²) in [7, 11) is 0. The summed E-state index contributed by atoms with van der Waals surface area (Å²) in [5, 5.41) is 0. The Bertz CT molecular complexity index is 925. The van der Waals surface area contributed by atoms with Gasteiger partial charge in [-0.1, -0.05) is 62.2 Å². The molecule has 31 heavy (non-hydrogen) atoms. The third kappa shape index (κ3) is 3.47. The highest BCUT2D eigenvalue weighted by Gasteiger charge is 2.59. The van der Waals surface area contributed by atoms with Crippen LogP contribution in [0.2, 0.25) is 0 Å². The lowest BCUT2D eigenvalue weighted by Gasteiger charge is -2.57. The van der Waals surface area contributed by atoms with Crippen LogP contribution in [0.3, 0.4) is 0 Å². The summed E-state index contributed by atoms with van der Waals surface area (Å²) >= 11 is 0. The van der Waals surface area contributed by atoms with Crippen molar-refractivity contribution in [3.05, 3.63) is 59.7 Å². The predicted octanol–water partition coefficient (Wildman–Crippen LogP) is 6.50. The Kier molecular flexibility index (Phi) is 5.31. The number of aryl methyl sites for hydroxylation is 1. The number of hydrogen-bond acceptors (Lipinski definition) is 2. The largest absolute Gasteiger partial charge is 0.299 e. The van der Waals surface area contributed by atoms with Gasteiger partial charge in [-0.2, -0.15) is 0 Å². The third-order valence-corrected chi connectivity index (χ3v) is 9.54. The van der Waals surface area contributed by atoms with E-state index in [9.17, 15) is 9.59 Å². The van der Waals surface area contributed by atoms with E-state index < -0.39 is 0 Å². The number of fused-ring (bicyclic) bond motifs is 5. The molecule has 164 valence electrons. The van der Waals surface area contributed by atoms with E-state index in [1.165, 1.54) is 30.4 Å². The van der Waals surface area contributed by atoms with Gasteiger partial charge in [0.15, 0.2) is 5.78 Å². The van der Waals surface area contributed by atoms with Crippen molar-refractivity contribution in [1.29, 1.82) is 0 Å². The summed E-state index contributed by atoms with van der Waals surface area (Å²) < 4.78 is 0. The molecule has 0 aliphatic heterocycles. The number of carbonyl (C=O) groups is 2. The maximum atomic E-state index is 12.8. The van der Waals surface area contributed by atoms with Crippen LogP contribution in [0.15, 0.2) is 54.1 Å². The van der Waals surface area contributed by atoms with Gasteiger partial charge in [0.2, 0.25) is 0 Å². The van der Waals surface area contributed by atoms with Crippen LogP contribution in [0.5, 0.6) is 0 Å². The second-order valence-corrected chi connectivity index (χ2v) is 11.1. The van der Waals surface area contributed by atoms with E-state index >= 15 is 0 Å². The van der Waals surface area contributed by atoms with Crippen molar-refractivity contribution in [1.82, 2.24) is 0 Å². The lowest BCUT2D eigenvalue weighted by molar-refractivity contribution is -0.132. The minimum Gasteiger partial charge on any atom is -0.299 e. The second kappa shape index (κ2) is 7.87. The van der Waals surface area contributed by atoms with Crippen LogP contribution in [0.1, 0.15) is 70.8 Å². The van der Waals surface area contributed by atoms with Crippen LogP contribution in [-0.4, -0.2) is 11.6 Å². The molecule has 0 N–H and O–H groups in total.